The van der Waals surface area contributed by atoms with Crippen LogP contribution in [-0.2, 0) is 6.54 Å². The first-order chi connectivity index (χ1) is 8.70. The van der Waals surface area contributed by atoms with Crippen LogP contribution < -0.4 is 15.8 Å². The van der Waals surface area contributed by atoms with Gasteiger partial charge in [-0.15, -0.1) is 0 Å². The third-order valence-electron chi connectivity index (χ3n) is 3.33. The lowest BCUT2D eigenvalue weighted by Gasteiger charge is -2.18. The number of nitrogens with one attached hydrogen (secondary N) is 1. The molecule has 2 heterocycles. The van der Waals surface area contributed by atoms with E-state index < -0.39 is 0 Å². The van der Waals surface area contributed by atoms with Gasteiger partial charge < -0.3 is 10.2 Å². The maximum absolute atomic E-state index is 12.0. The molecule has 1 aromatic rings. The molecule has 1 saturated heterocycles. The lowest BCUT2D eigenvalue weighted by Crippen LogP contribution is -2.35. The number of rotatable bonds is 5. The Morgan fingerprint density at radius 2 is 2.17 bits per heavy atom. The number of hydrogen-bond acceptors (Lipinski definition) is 4. The number of anilines is 1. The average molecular weight is 250 g/mol. The second-order valence-corrected chi connectivity index (χ2v) is 4.89. The van der Waals surface area contributed by atoms with Crippen LogP contribution in [0.3, 0.4) is 0 Å². The van der Waals surface area contributed by atoms with E-state index >= 15 is 0 Å². The summed E-state index contributed by atoms with van der Waals surface area (Å²) in [7, 11) is 0. The van der Waals surface area contributed by atoms with Crippen molar-refractivity contribution in [2.75, 3.05) is 24.5 Å². The van der Waals surface area contributed by atoms with Crippen molar-refractivity contribution in [2.24, 2.45) is 0 Å². The summed E-state index contributed by atoms with van der Waals surface area (Å²) in [4.78, 5) is 14.2. The van der Waals surface area contributed by atoms with E-state index in [1.165, 1.54) is 17.5 Å². The molecule has 1 aromatic heterocycles. The second-order valence-electron chi connectivity index (χ2n) is 4.89. The molecule has 1 aliphatic rings. The molecule has 0 saturated carbocycles. The molecule has 1 N–H and O–H groups in total. The van der Waals surface area contributed by atoms with E-state index in [0.29, 0.717) is 6.54 Å². The predicted molar refractivity (Wildman–Crippen MR) is 73.1 cm³/mol. The van der Waals surface area contributed by atoms with E-state index in [4.69, 9.17) is 0 Å². The van der Waals surface area contributed by atoms with Crippen LogP contribution >= 0.6 is 0 Å². The van der Waals surface area contributed by atoms with Crippen LogP contribution in [0.15, 0.2) is 17.1 Å². The van der Waals surface area contributed by atoms with Gasteiger partial charge in [0.2, 0.25) is 0 Å². The zero-order chi connectivity index (χ0) is 13.0. The highest BCUT2D eigenvalue weighted by molar-refractivity contribution is 5.43. The summed E-state index contributed by atoms with van der Waals surface area (Å²) in [6.07, 6.45) is 4.23. The van der Waals surface area contributed by atoms with Crippen LogP contribution in [0, 0.1) is 0 Å². The van der Waals surface area contributed by atoms with E-state index in [1.807, 2.05) is 6.20 Å². The molecular formula is C13H22N4O. The Hall–Kier alpha value is -1.36. The van der Waals surface area contributed by atoms with E-state index in [-0.39, 0.29) is 11.6 Å². The molecule has 1 atom stereocenters. The monoisotopic (exact) mass is 250 g/mol. The predicted octanol–water partition coefficient (Wildman–Crippen LogP) is 0.841. The fourth-order valence-electron chi connectivity index (χ4n) is 2.38. The van der Waals surface area contributed by atoms with E-state index in [1.54, 1.807) is 6.07 Å². The fourth-order valence-corrected chi connectivity index (χ4v) is 2.38. The Morgan fingerprint density at radius 3 is 2.78 bits per heavy atom. The van der Waals surface area contributed by atoms with Crippen LogP contribution in [0.1, 0.15) is 26.7 Å². The molecule has 1 fully saturated rings. The number of hydrogen-bond donors (Lipinski definition) is 1. The number of nitrogens with zero attached hydrogens (tertiary/aromatic N) is 3. The van der Waals surface area contributed by atoms with Gasteiger partial charge in [-0.05, 0) is 26.3 Å². The van der Waals surface area contributed by atoms with Gasteiger partial charge in [-0.25, -0.2) is 4.68 Å². The van der Waals surface area contributed by atoms with Crippen LogP contribution in [0.25, 0.3) is 0 Å². The minimum absolute atomic E-state index is 0.0100. The molecular weight excluding hydrogens is 228 g/mol. The van der Waals surface area contributed by atoms with Gasteiger partial charge in [0.25, 0.3) is 5.56 Å². The molecule has 18 heavy (non-hydrogen) atoms. The molecule has 5 heteroatoms. The second kappa shape index (κ2) is 6.00. The van der Waals surface area contributed by atoms with Crippen LogP contribution in [0.4, 0.5) is 5.69 Å². The Morgan fingerprint density at radius 1 is 1.44 bits per heavy atom. The maximum atomic E-state index is 12.0. The Labute approximate surface area is 108 Å². The van der Waals surface area contributed by atoms with Crippen molar-refractivity contribution in [1.82, 2.24) is 15.1 Å². The standard InChI is InChI=1S/C13H22N4O/c1-3-14-11(2)10-17-13(18)8-12(9-15-17)16-6-4-5-7-16/h8-9,11,14H,3-7,10H2,1-2H3. The minimum atomic E-state index is -0.0100. The highest BCUT2D eigenvalue weighted by Gasteiger charge is 2.14. The van der Waals surface area contributed by atoms with Crippen molar-refractivity contribution in [1.29, 1.82) is 0 Å². The van der Waals surface area contributed by atoms with Crippen molar-refractivity contribution in [3.05, 3.63) is 22.6 Å². The van der Waals surface area contributed by atoms with Crippen LogP contribution in [-0.4, -0.2) is 35.5 Å². The van der Waals surface area contributed by atoms with Crippen molar-refractivity contribution in [3.63, 3.8) is 0 Å². The highest BCUT2D eigenvalue weighted by Crippen LogP contribution is 2.16. The summed E-state index contributed by atoms with van der Waals surface area (Å²) >= 11 is 0. The smallest absolute Gasteiger partial charge is 0.268 e. The largest absolute Gasteiger partial charge is 0.370 e. The van der Waals surface area contributed by atoms with Gasteiger partial charge in [0.1, 0.15) is 0 Å². The van der Waals surface area contributed by atoms with Crippen molar-refractivity contribution < 1.29 is 0 Å². The Kier molecular flexibility index (Phi) is 4.36. The summed E-state index contributed by atoms with van der Waals surface area (Å²) in [5.74, 6) is 0. The highest BCUT2D eigenvalue weighted by atomic mass is 16.1. The molecule has 100 valence electrons. The summed E-state index contributed by atoms with van der Waals surface area (Å²) in [5.41, 5.74) is 0.953. The van der Waals surface area contributed by atoms with Gasteiger partial charge in [-0.2, -0.15) is 5.10 Å². The summed E-state index contributed by atoms with van der Waals surface area (Å²) in [6.45, 7) is 7.72. The molecule has 0 spiro atoms. The molecule has 0 radical (unpaired) electrons. The SMILES string of the molecule is CCNC(C)Cn1ncc(N2CCCC2)cc1=O. The van der Waals surface area contributed by atoms with Crippen molar-refractivity contribution >= 4 is 5.69 Å². The van der Waals surface area contributed by atoms with Crippen LogP contribution in [0.2, 0.25) is 0 Å². The van der Waals surface area contributed by atoms with Crippen molar-refractivity contribution in [2.45, 2.75) is 39.3 Å². The van der Waals surface area contributed by atoms with Crippen LogP contribution in [0.5, 0.6) is 0 Å². The van der Waals surface area contributed by atoms with Gasteiger partial charge in [0, 0.05) is 25.2 Å². The summed E-state index contributed by atoms with van der Waals surface area (Å²) in [5, 5.41) is 7.55. The third-order valence-corrected chi connectivity index (χ3v) is 3.33. The lowest BCUT2D eigenvalue weighted by atomic mass is 10.3. The Bertz CT molecular complexity index is 437. The molecule has 0 amide bonds. The average Bonchev–Trinajstić information content (AvgIpc) is 2.85. The molecule has 0 aliphatic carbocycles. The van der Waals surface area contributed by atoms with Crippen molar-refractivity contribution in [3.8, 4) is 0 Å². The van der Waals surface area contributed by atoms with Gasteiger partial charge in [0.05, 0.1) is 18.4 Å². The third kappa shape index (κ3) is 3.10. The quantitative estimate of drug-likeness (QED) is 0.841. The first-order valence-corrected chi connectivity index (χ1v) is 6.76. The van der Waals surface area contributed by atoms with Gasteiger partial charge in [-0.1, -0.05) is 6.92 Å². The van der Waals surface area contributed by atoms with Gasteiger partial charge >= 0.3 is 0 Å². The summed E-state index contributed by atoms with van der Waals surface area (Å²) in [6, 6.07) is 1.97. The molecule has 2 rings (SSSR count). The van der Waals surface area contributed by atoms with Gasteiger partial charge in [0.15, 0.2) is 0 Å². The first kappa shape index (κ1) is 13.1. The zero-order valence-electron chi connectivity index (χ0n) is 11.2. The number of likely N-dealkylation sites (N-methyl/N-ethyl adjacent to an activating group) is 1. The molecule has 0 aromatic carbocycles. The molecule has 5 nitrogen and oxygen atoms in total. The maximum Gasteiger partial charge on any atom is 0.268 e. The van der Waals surface area contributed by atoms with Gasteiger partial charge in [-0.3, -0.25) is 4.79 Å². The summed E-state index contributed by atoms with van der Waals surface area (Å²) < 4.78 is 1.53. The number of aromatic nitrogens is 2. The fraction of sp³-hybridized carbons (Fsp3) is 0.692. The van der Waals surface area contributed by atoms with E-state index in [2.05, 4.69) is 29.2 Å². The normalized spacial score (nSPS) is 17.1. The zero-order valence-corrected chi connectivity index (χ0v) is 11.2. The molecule has 1 aliphatic heterocycles. The minimum Gasteiger partial charge on any atom is -0.370 e. The van der Waals surface area contributed by atoms with E-state index in [9.17, 15) is 4.79 Å². The molecule has 1 unspecified atom stereocenters. The van der Waals surface area contributed by atoms with E-state index in [0.717, 1.165) is 25.3 Å². The Balaban J connectivity index is 2.07. The first-order valence-electron chi connectivity index (χ1n) is 6.76. The lowest BCUT2D eigenvalue weighted by molar-refractivity contribution is 0.447. The topological polar surface area (TPSA) is 50.2 Å². The molecule has 0 bridgehead atoms.